The van der Waals surface area contributed by atoms with E-state index in [1.165, 1.54) is 62.7 Å². The van der Waals surface area contributed by atoms with Crippen LogP contribution in [0.1, 0.15) is 63.1 Å². The maximum atomic E-state index is 12.6. The highest BCUT2D eigenvalue weighted by molar-refractivity contribution is 5.43. The van der Waals surface area contributed by atoms with Crippen molar-refractivity contribution < 1.29 is 0 Å². The summed E-state index contributed by atoms with van der Waals surface area (Å²) >= 11 is 0. The topological polar surface area (TPSA) is 71.2 Å². The summed E-state index contributed by atoms with van der Waals surface area (Å²) in [7, 11) is 0. The number of fused-ring (bicyclic) bond motifs is 1. The quantitative estimate of drug-likeness (QED) is 0.720. The molecule has 3 aromatic rings. The molecule has 1 aliphatic carbocycles. The maximum absolute atomic E-state index is 12.6. The molecule has 0 bridgehead atoms. The minimum atomic E-state index is -0.168. The standard InChI is InChI=1S/C22H30N6O/c29-22-24-21(25-28(22)19-8-9-20-23-11-14-27(20)16-19)18-7-4-12-26(15-18)13-10-17-5-2-1-3-6-17/h8-9,11,14,16-18H,1-7,10,12-13,15H2,(H,24,25,29)/t18-/m0/s1. The molecule has 3 aromatic heterocycles. The first-order chi connectivity index (χ1) is 14.3. The third-order valence-electron chi connectivity index (χ3n) is 6.72. The van der Waals surface area contributed by atoms with Crippen LogP contribution >= 0.6 is 0 Å². The van der Waals surface area contributed by atoms with Crippen molar-refractivity contribution in [3.63, 3.8) is 0 Å². The van der Waals surface area contributed by atoms with Gasteiger partial charge in [-0.3, -0.25) is 4.98 Å². The Hall–Kier alpha value is -2.41. The Kier molecular flexibility index (Phi) is 5.23. The summed E-state index contributed by atoms with van der Waals surface area (Å²) in [5.41, 5.74) is 1.45. The Morgan fingerprint density at radius 1 is 1.10 bits per heavy atom. The summed E-state index contributed by atoms with van der Waals surface area (Å²) < 4.78 is 3.39. The second kappa shape index (κ2) is 8.14. The first kappa shape index (κ1) is 18.6. The number of likely N-dealkylation sites (tertiary alicyclic amines) is 1. The van der Waals surface area contributed by atoms with Crippen molar-refractivity contribution in [2.24, 2.45) is 5.92 Å². The van der Waals surface area contributed by atoms with Gasteiger partial charge >= 0.3 is 5.69 Å². The van der Waals surface area contributed by atoms with Crippen LogP contribution < -0.4 is 5.69 Å². The van der Waals surface area contributed by atoms with E-state index in [1.807, 2.05) is 28.9 Å². The van der Waals surface area contributed by atoms with Crippen LogP contribution in [-0.4, -0.2) is 48.7 Å². The van der Waals surface area contributed by atoms with Gasteiger partial charge in [0.1, 0.15) is 11.5 Å². The Balaban J connectivity index is 1.28. The van der Waals surface area contributed by atoms with Crippen molar-refractivity contribution in [2.45, 2.75) is 57.3 Å². The SMILES string of the molecule is O=c1[nH]c([C@H]2CCCN(CCC3CCCCC3)C2)nn1-c1ccc2nccn2c1. The fourth-order valence-corrected chi connectivity index (χ4v) is 5.06. The second-order valence-electron chi connectivity index (χ2n) is 8.74. The largest absolute Gasteiger partial charge is 0.348 e. The van der Waals surface area contributed by atoms with Crippen LogP contribution in [0.3, 0.4) is 0 Å². The number of pyridine rings is 1. The predicted octanol–water partition coefficient (Wildman–Crippen LogP) is 3.36. The van der Waals surface area contributed by atoms with Gasteiger partial charge in [-0.15, -0.1) is 5.10 Å². The zero-order valence-electron chi connectivity index (χ0n) is 17.0. The van der Waals surface area contributed by atoms with E-state index in [1.54, 1.807) is 6.20 Å². The third kappa shape index (κ3) is 4.01. The minimum Gasteiger partial charge on any atom is -0.305 e. The molecule has 1 aliphatic heterocycles. The molecule has 1 saturated heterocycles. The van der Waals surface area contributed by atoms with Gasteiger partial charge < -0.3 is 9.30 Å². The van der Waals surface area contributed by atoms with Crippen molar-refractivity contribution in [2.75, 3.05) is 19.6 Å². The van der Waals surface area contributed by atoms with Gasteiger partial charge in [-0.1, -0.05) is 32.1 Å². The molecule has 1 saturated carbocycles. The minimum absolute atomic E-state index is 0.168. The van der Waals surface area contributed by atoms with Crippen LogP contribution in [0, 0.1) is 5.92 Å². The number of rotatable bonds is 5. The maximum Gasteiger partial charge on any atom is 0.348 e. The monoisotopic (exact) mass is 394 g/mol. The lowest BCUT2D eigenvalue weighted by molar-refractivity contribution is 0.182. The molecule has 0 unspecified atom stereocenters. The van der Waals surface area contributed by atoms with Crippen molar-refractivity contribution in [3.05, 3.63) is 47.0 Å². The molecule has 0 amide bonds. The smallest absolute Gasteiger partial charge is 0.305 e. The molecule has 1 N–H and O–H groups in total. The molecule has 29 heavy (non-hydrogen) atoms. The molecule has 1 atom stereocenters. The van der Waals surface area contributed by atoms with E-state index < -0.39 is 0 Å². The molecular formula is C22H30N6O. The zero-order chi connectivity index (χ0) is 19.6. The third-order valence-corrected chi connectivity index (χ3v) is 6.72. The summed E-state index contributed by atoms with van der Waals surface area (Å²) in [5, 5.41) is 4.67. The van der Waals surface area contributed by atoms with Crippen molar-refractivity contribution in [1.82, 2.24) is 29.0 Å². The number of aromatic amines is 1. The van der Waals surface area contributed by atoms with Crippen LogP contribution in [0.2, 0.25) is 0 Å². The highest BCUT2D eigenvalue weighted by Gasteiger charge is 2.25. The average molecular weight is 395 g/mol. The number of nitrogens with zero attached hydrogens (tertiary/aromatic N) is 5. The van der Waals surface area contributed by atoms with E-state index >= 15 is 0 Å². The Morgan fingerprint density at radius 2 is 2.00 bits per heavy atom. The number of aromatic nitrogens is 5. The van der Waals surface area contributed by atoms with Crippen LogP contribution in [0.15, 0.2) is 35.5 Å². The predicted molar refractivity (Wildman–Crippen MR) is 113 cm³/mol. The van der Waals surface area contributed by atoms with Crippen LogP contribution in [0.4, 0.5) is 0 Å². The van der Waals surface area contributed by atoms with Crippen molar-refractivity contribution in [1.29, 1.82) is 0 Å². The first-order valence-corrected chi connectivity index (χ1v) is 11.1. The summed E-state index contributed by atoms with van der Waals surface area (Å²) in [6.45, 7) is 3.36. The van der Waals surface area contributed by atoms with Crippen LogP contribution in [0.5, 0.6) is 0 Å². The molecule has 0 radical (unpaired) electrons. The molecule has 2 fully saturated rings. The van der Waals surface area contributed by atoms with Crippen LogP contribution in [-0.2, 0) is 0 Å². The van der Waals surface area contributed by atoms with Crippen LogP contribution in [0.25, 0.3) is 11.3 Å². The molecule has 0 spiro atoms. The van der Waals surface area contributed by atoms with Gasteiger partial charge in [0.2, 0.25) is 0 Å². The van der Waals surface area contributed by atoms with Gasteiger partial charge in [0.05, 0.1) is 5.69 Å². The lowest BCUT2D eigenvalue weighted by Gasteiger charge is -2.33. The zero-order valence-corrected chi connectivity index (χ0v) is 17.0. The number of nitrogens with one attached hydrogen (secondary N) is 1. The van der Waals surface area contributed by atoms with E-state index in [0.29, 0.717) is 5.92 Å². The summed E-state index contributed by atoms with van der Waals surface area (Å²) in [4.78, 5) is 22.4. The summed E-state index contributed by atoms with van der Waals surface area (Å²) in [6, 6.07) is 3.80. The van der Waals surface area contributed by atoms with E-state index in [4.69, 9.17) is 0 Å². The Labute approximate surface area is 170 Å². The second-order valence-corrected chi connectivity index (χ2v) is 8.74. The average Bonchev–Trinajstić information content (AvgIpc) is 3.39. The van der Waals surface area contributed by atoms with Gasteiger partial charge in [-0.2, -0.15) is 4.68 Å². The summed E-state index contributed by atoms with van der Waals surface area (Å²) in [5.74, 6) is 2.05. The van der Waals surface area contributed by atoms with Gasteiger partial charge in [-0.25, -0.2) is 9.78 Å². The van der Waals surface area contributed by atoms with E-state index in [9.17, 15) is 4.79 Å². The van der Waals surface area contributed by atoms with E-state index in [-0.39, 0.29) is 5.69 Å². The van der Waals surface area contributed by atoms with Gasteiger partial charge in [0.15, 0.2) is 0 Å². The number of hydrogen-bond acceptors (Lipinski definition) is 4. The Morgan fingerprint density at radius 3 is 2.90 bits per heavy atom. The fourth-order valence-electron chi connectivity index (χ4n) is 5.06. The normalized spacial score (nSPS) is 21.7. The molecule has 0 aromatic carbocycles. The molecule has 7 nitrogen and oxygen atoms in total. The van der Waals surface area contributed by atoms with Gasteiger partial charge in [0.25, 0.3) is 0 Å². The molecular weight excluding hydrogens is 364 g/mol. The molecule has 154 valence electrons. The van der Waals surface area contributed by atoms with E-state index in [2.05, 4.69) is 20.0 Å². The van der Waals surface area contributed by atoms with Gasteiger partial charge in [-0.05, 0) is 50.4 Å². The van der Waals surface area contributed by atoms with Gasteiger partial charge in [0, 0.05) is 31.1 Å². The van der Waals surface area contributed by atoms with Crippen molar-refractivity contribution >= 4 is 5.65 Å². The lowest BCUT2D eigenvalue weighted by atomic mass is 9.86. The molecule has 7 heteroatoms. The molecule has 5 rings (SSSR count). The first-order valence-electron chi connectivity index (χ1n) is 11.1. The molecule has 4 heterocycles. The lowest BCUT2D eigenvalue weighted by Crippen LogP contribution is -2.36. The highest BCUT2D eigenvalue weighted by Crippen LogP contribution is 2.28. The summed E-state index contributed by atoms with van der Waals surface area (Å²) in [6.07, 6.45) is 16.2. The van der Waals surface area contributed by atoms with E-state index in [0.717, 1.165) is 36.0 Å². The fraction of sp³-hybridized carbons (Fsp3) is 0.591. The number of imidazole rings is 1. The number of H-pyrrole nitrogens is 1. The number of piperidine rings is 1. The highest BCUT2D eigenvalue weighted by atomic mass is 16.1. The molecule has 2 aliphatic rings. The van der Waals surface area contributed by atoms with Crippen molar-refractivity contribution in [3.8, 4) is 5.69 Å². The number of hydrogen-bond donors (Lipinski definition) is 1. The Bertz CT molecular complexity index is 1010.